The van der Waals surface area contributed by atoms with Crippen molar-refractivity contribution in [3.8, 4) is 11.5 Å². The molecule has 1 aliphatic carbocycles. The van der Waals surface area contributed by atoms with Crippen LogP contribution in [0.15, 0.2) is 42.5 Å². The number of ether oxygens (including phenoxy) is 2. The molecule has 0 saturated carbocycles. The topological polar surface area (TPSA) is 35.5 Å². The molecule has 28 heavy (non-hydrogen) atoms. The standard InChI is InChI=1S/C25H32O3/c1-2-3-4-5-6-7-17-27-22-13-11-20(12-14-22)19-28-23-15-16-24-21(18-23)9-8-10-25(24)26/h11-16,18H,2-10,17,19H2,1H3. The Balaban J connectivity index is 1.40. The molecule has 0 atom stereocenters. The number of aryl methyl sites for hydroxylation is 1. The Morgan fingerprint density at radius 1 is 0.821 bits per heavy atom. The molecule has 0 spiro atoms. The van der Waals surface area contributed by atoms with Crippen molar-refractivity contribution in [2.75, 3.05) is 6.61 Å². The highest BCUT2D eigenvalue weighted by molar-refractivity contribution is 5.98. The van der Waals surface area contributed by atoms with Crippen molar-refractivity contribution in [3.63, 3.8) is 0 Å². The van der Waals surface area contributed by atoms with Gasteiger partial charge in [-0.1, -0.05) is 51.2 Å². The van der Waals surface area contributed by atoms with Crippen LogP contribution < -0.4 is 9.47 Å². The lowest BCUT2D eigenvalue weighted by atomic mass is 9.90. The molecule has 2 aromatic carbocycles. The molecule has 1 aliphatic rings. The van der Waals surface area contributed by atoms with Gasteiger partial charge in [-0.2, -0.15) is 0 Å². The van der Waals surface area contributed by atoms with Crippen molar-refractivity contribution < 1.29 is 14.3 Å². The van der Waals surface area contributed by atoms with Crippen LogP contribution in [0, 0.1) is 0 Å². The Hall–Kier alpha value is -2.29. The summed E-state index contributed by atoms with van der Waals surface area (Å²) in [6.07, 6.45) is 10.2. The normalized spacial score (nSPS) is 13.2. The van der Waals surface area contributed by atoms with Gasteiger partial charge in [-0.3, -0.25) is 4.79 Å². The molecule has 0 saturated heterocycles. The predicted molar refractivity (Wildman–Crippen MR) is 113 cm³/mol. The van der Waals surface area contributed by atoms with E-state index in [1.165, 1.54) is 32.1 Å². The summed E-state index contributed by atoms with van der Waals surface area (Å²) < 4.78 is 11.8. The number of benzene rings is 2. The zero-order valence-corrected chi connectivity index (χ0v) is 17.0. The lowest BCUT2D eigenvalue weighted by molar-refractivity contribution is 0.0972. The van der Waals surface area contributed by atoms with Crippen molar-refractivity contribution in [2.24, 2.45) is 0 Å². The van der Waals surface area contributed by atoms with E-state index >= 15 is 0 Å². The van der Waals surface area contributed by atoms with Crippen molar-refractivity contribution in [1.82, 2.24) is 0 Å². The van der Waals surface area contributed by atoms with Crippen molar-refractivity contribution in [1.29, 1.82) is 0 Å². The summed E-state index contributed by atoms with van der Waals surface area (Å²) in [6, 6.07) is 14.0. The molecule has 0 N–H and O–H groups in total. The van der Waals surface area contributed by atoms with Crippen LogP contribution in [0.25, 0.3) is 0 Å². The van der Waals surface area contributed by atoms with E-state index in [0.29, 0.717) is 13.0 Å². The minimum atomic E-state index is 0.254. The Bertz CT molecular complexity index is 749. The van der Waals surface area contributed by atoms with Gasteiger partial charge in [0.15, 0.2) is 5.78 Å². The maximum atomic E-state index is 11.9. The predicted octanol–water partition coefficient (Wildman–Crippen LogP) is 6.52. The first-order chi connectivity index (χ1) is 13.8. The number of carbonyl (C=O) groups excluding carboxylic acids is 1. The first kappa shape index (κ1) is 20.4. The van der Waals surface area contributed by atoms with Crippen LogP contribution in [-0.4, -0.2) is 12.4 Å². The van der Waals surface area contributed by atoms with E-state index < -0.39 is 0 Å². The molecule has 0 aliphatic heterocycles. The van der Waals surface area contributed by atoms with Gasteiger partial charge in [0, 0.05) is 12.0 Å². The second-order valence-electron chi connectivity index (χ2n) is 7.64. The average molecular weight is 381 g/mol. The Morgan fingerprint density at radius 3 is 2.39 bits per heavy atom. The average Bonchev–Trinajstić information content (AvgIpc) is 2.72. The molecule has 0 fully saturated rings. The number of unbranched alkanes of at least 4 members (excludes halogenated alkanes) is 5. The van der Waals surface area contributed by atoms with Gasteiger partial charge in [-0.05, 0) is 60.7 Å². The second kappa shape index (κ2) is 10.9. The van der Waals surface area contributed by atoms with E-state index in [2.05, 4.69) is 19.1 Å². The van der Waals surface area contributed by atoms with Crippen LogP contribution in [0.4, 0.5) is 0 Å². The summed E-state index contributed by atoms with van der Waals surface area (Å²) in [5, 5.41) is 0. The molecule has 0 radical (unpaired) electrons. The fourth-order valence-electron chi connectivity index (χ4n) is 3.63. The Kier molecular flexibility index (Phi) is 7.95. The maximum absolute atomic E-state index is 11.9. The fraction of sp³-hybridized carbons (Fsp3) is 0.480. The van der Waals surface area contributed by atoms with Crippen molar-refractivity contribution in [2.45, 2.75) is 71.3 Å². The van der Waals surface area contributed by atoms with E-state index in [0.717, 1.165) is 54.1 Å². The number of hydrogen-bond donors (Lipinski definition) is 0. The van der Waals surface area contributed by atoms with Gasteiger partial charge in [0.25, 0.3) is 0 Å². The van der Waals surface area contributed by atoms with Gasteiger partial charge in [0.2, 0.25) is 0 Å². The molecule has 3 nitrogen and oxygen atoms in total. The Morgan fingerprint density at radius 2 is 1.57 bits per heavy atom. The summed E-state index contributed by atoms with van der Waals surface area (Å²) in [4.78, 5) is 11.9. The molecule has 150 valence electrons. The Labute approximate surface area is 169 Å². The summed E-state index contributed by atoms with van der Waals surface area (Å²) >= 11 is 0. The third-order valence-corrected chi connectivity index (χ3v) is 5.32. The minimum absolute atomic E-state index is 0.254. The molecule has 3 rings (SSSR count). The van der Waals surface area contributed by atoms with Crippen LogP contribution in [0.5, 0.6) is 11.5 Å². The van der Waals surface area contributed by atoms with Gasteiger partial charge >= 0.3 is 0 Å². The molecular formula is C25H32O3. The van der Waals surface area contributed by atoms with Crippen molar-refractivity contribution in [3.05, 3.63) is 59.2 Å². The van der Waals surface area contributed by atoms with Crippen LogP contribution in [-0.2, 0) is 13.0 Å². The third kappa shape index (κ3) is 6.12. The van der Waals surface area contributed by atoms with Crippen LogP contribution in [0.3, 0.4) is 0 Å². The van der Waals surface area contributed by atoms with E-state index in [4.69, 9.17) is 9.47 Å². The highest BCUT2D eigenvalue weighted by Gasteiger charge is 2.17. The highest BCUT2D eigenvalue weighted by Crippen LogP contribution is 2.26. The number of ketones is 1. The van der Waals surface area contributed by atoms with E-state index in [9.17, 15) is 4.79 Å². The quantitative estimate of drug-likeness (QED) is 0.416. The molecular weight excluding hydrogens is 348 g/mol. The van der Waals surface area contributed by atoms with Crippen LogP contribution >= 0.6 is 0 Å². The molecule has 2 aromatic rings. The van der Waals surface area contributed by atoms with Gasteiger partial charge < -0.3 is 9.47 Å². The highest BCUT2D eigenvalue weighted by atomic mass is 16.5. The second-order valence-corrected chi connectivity index (χ2v) is 7.64. The summed E-state index contributed by atoms with van der Waals surface area (Å²) in [7, 11) is 0. The van der Waals surface area contributed by atoms with E-state index in [1.54, 1.807) is 0 Å². The van der Waals surface area contributed by atoms with E-state index in [1.807, 2.05) is 30.3 Å². The number of rotatable bonds is 11. The van der Waals surface area contributed by atoms with Gasteiger partial charge in [0.1, 0.15) is 18.1 Å². The third-order valence-electron chi connectivity index (χ3n) is 5.32. The number of hydrogen-bond acceptors (Lipinski definition) is 3. The minimum Gasteiger partial charge on any atom is -0.494 e. The van der Waals surface area contributed by atoms with Gasteiger partial charge in [-0.25, -0.2) is 0 Å². The van der Waals surface area contributed by atoms with Gasteiger partial charge in [0.05, 0.1) is 6.61 Å². The summed E-state index contributed by atoms with van der Waals surface area (Å²) in [5.41, 5.74) is 3.10. The van der Waals surface area contributed by atoms with Crippen molar-refractivity contribution >= 4 is 5.78 Å². The summed E-state index contributed by atoms with van der Waals surface area (Å²) in [5.74, 6) is 2.01. The monoisotopic (exact) mass is 380 g/mol. The molecule has 0 heterocycles. The summed E-state index contributed by atoms with van der Waals surface area (Å²) in [6.45, 7) is 3.55. The number of fused-ring (bicyclic) bond motifs is 1. The maximum Gasteiger partial charge on any atom is 0.163 e. The van der Waals surface area contributed by atoms with Gasteiger partial charge in [-0.15, -0.1) is 0 Å². The lowest BCUT2D eigenvalue weighted by Gasteiger charge is -2.16. The zero-order valence-electron chi connectivity index (χ0n) is 17.0. The molecule has 0 bridgehead atoms. The van der Waals surface area contributed by atoms with Crippen LogP contribution in [0.1, 0.15) is 79.8 Å². The molecule has 0 aromatic heterocycles. The first-order valence-electron chi connectivity index (χ1n) is 10.8. The molecule has 0 unspecified atom stereocenters. The number of Topliss-reactive ketones (excluding diaryl/α,β-unsaturated/α-hetero) is 1. The zero-order chi connectivity index (χ0) is 19.6. The lowest BCUT2D eigenvalue weighted by Crippen LogP contribution is -2.10. The fourth-order valence-corrected chi connectivity index (χ4v) is 3.63. The SMILES string of the molecule is CCCCCCCCOc1ccc(COc2ccc3c(c2)CCCC3=O)cc1. The molecule has 3 heteroatoms. The smallest absolute Gasteiger partial charge is 0.163 e. The first-order valence-corrected chi connectivity index (χ1v) is 10.8. The van der Waals surface area contributed by atoms with Crippen LogP contribution in [0.2, 0.25) is 0 Å². The largest absolute Gasteiger partial charge is 0.494 e. The van der Waals surface area contributed by atoms with E-state index in [-0.39, 0.29) is 5.78 Å². The number of carbonyl (C=O) groups is 1. The molecule has 0 amide bonds.